The molecule has 0 amide bonds. The van der Waals surface area contributed by atoms with E-state index in [0.717, 1.165) is 38.7 Å². The van der Waals surface area contributed by atoms with Gasteiger partial charge in [-0.2, -0.15) is 0 Å². The van der Waals surface area contributed by atoms with Crippen molar-refractivity contribution < 1.29 is 19.0 Å². The van der Waals surface area contributed by atoms with Crippen molar-refractivity contribution in [3.05, 3.63) is 69.2 Å². The minimum absolute atomic E-state index is 0.360. The topological polar surface area (TPSA) is 57.7 Å². The summed E-state index contributed by atoms with van der Waals surface area (Å²) in [4.78, 5) is 16.7. The summed E-state index contributed by atoms with van der Waals surface area (Å²) in [7, 11) is 1.38. The lowest BCUT2D eigenvalue weighted by Gasteiger charge is -2.18. The van der Waals surface area contributed by atoms with Gasteiger partial charge < -0.3 is 14.2 Å². The summed E-state index contributed by atoms with van der Waals surface area (Å²) >= 11 is 7.53. The van der Waals surface area contributed by atoms with Crippen molar-refractivity contribution in [1.82, 2.24) is 4.98 Å². The van der Waals surface area contributed by atoms with Crippen LogP contribution in [0.2, 0.25) is 5.02 Å². The lowest BCUT2D eigenvalue weighted by atomic mass is 9.97. The molecule has 5 nitrogen and oxygen atoms in total. The highest BCUT2D eigenvalue weighted by Crippen LogP contribution is 2.27. The molecule has 0 spiro atoms. The van der Waals surface area contributed by atoms with Gasteiger partial charge in [0.2, 0.25) is 0 Å². The molecule has 2 aromatic carbocycles. The van der Waals surface area contributed by atoms with E-state index in [1.807, 2.05) is 62.5 Å². The predicted molar refractivity (Wildman–Crippen MR) is 124 cm³/mol. The third kappa shape index (κ3) is 6.06. The number of nitrogens with zero attached hydrogens (tertiary/aromatic N) is 1. The zero-order chi connectivity index (χ0) is 22.4. The van der Waals surface area contributed by atoms with E-state index in [1.165, 1.54) is 7.11 Å². The van der Waals surface area contributed by atoms with Gasteiger partial charge in [0.05, 0.1) is 12.8 Å². The van der Waals surface area contributed by atoms with Gasteiger partial charge in [-0.15, -0.1) is 11.3 Å². The highest BCUT2D eigenvalue weighted by atomic mass is 35.5. The Kier molecular flexibility index (Phi) is 8.07. The fourth-order valence-electron chi connectivity index (χ4n) is 3.34. The second kappa shape index (κ2) is 10.8. The number of thiazole rings is 1. The molecule has 1 unspecified atom stereocenters. The van der Waals surface area contributed by atoms with Crippen LogP contribution in [0.3, 0.4) is 0 Å². The van der Waals surface area contributed by atoms with Crippen LogP contribution in [0.25, 0.3) is 10.6 Å². The highest BCUT2D eigenvalue weighted by Gasteiger charge is 2.22. The molecule has 1 atom stereocenters. The second-order valence-corrected chi connectivity index (χ2v) is 8.44. The molecular formula is C24H26ClNO4S. The van der Waals surface area contributed by atoms with Crippen LogP contribution >= 0.6 is 22.9 Å². The third-order valence-electron chi connectivity index (χ3n) is 4.92. The molecule has 0 aliphatic heterocycles. The number of halogens is 1. The second-order valence-electron chi connectivity index (χ2n) is 7.15. The Balaban J connectivity index is 1.68. The van der Waals surface area contributed by atoms with Gasteiger partial charge in [0.1, 0.15) is 17.4 Å². The summed E-state index contributed by atoms with van der Waals surface area (Å²) in [6.07, 6.45) is -0.143. The molecule has 0 N–H and O–H groups in total. The van der Waals surface area contributed by atoms with E-state index >= 15 is 0 Å². The van der Waals surface area contributed by atoms with Crippen molar-refractivity contribution >= 4 is 28.9 Å². The van der Waals surface area contributed by atoms with Gasteiger partial charge in [-0.3, -0.25) is 0 Å². The van der Waals surface area contributed by atoms with E-state index in [1.54, 1.807) is 11.3 Å². The molecule has 1 aromatic heterocycles. The van der Waals surface area contributed by atoms with E-state index < -0.39 is 6.10 Å². The van der Waals surface area contributed by atoms with Gasteiger partial charge in [0.25, 0.3) is 0 Å². The minimum Gasteiger partial charge on any atom is -0.487 e. The number of carbonyl (C=O) groups excluding carboxylic acids is 1. The number of hydrogen-bond donors (Lipinski definition) is 0. The zero-order valence-corrected chi connectivity index (χ0v) is 19.7. The molecule has 0 saturated carbocycles. The maximum Gasteiger partial charge on any atom is 0.335 e. The van der Waals surface area contributed by atoms with Gasteiger partial charge in [-0.1, -0.05) is 23.7 Å². The first-order chi connectivity index (χ1) is 14.9. The summed E-state index contributed by atoms with van der Waals surface area (Å²) in [5.41, 5.74) is 5.06. The van der Waals surface area contributed by atoms with Gasteiger partial charge in [0, 0.05) is 29.0 Å². The number of hydrogen-bond acceptors (Lipinski definition) is 6. The molecule has 0 fully saturated rings. The van der Waals surface area contributed by atoms with E-state index in [2.05, 4.69) is 4.98 Å². The number of methoxy groups -OCH3 is 1. The Morgan fingerprint density at radius 2 is 1.84 bits per heavy atom. The standard InChI is InChI=1S/C24H26ClNO4S/c1-5-29-22(24(27)28-4)12-21-15(2)10-20(11-16(21)3)30-13-19-14-31-23(26-19)17-6-8-18(25)9-7-17/h6-11,14,22H,5,12-13H2,1-4H3. The normalized spacial score (nSPS) is 11.9. The van der Waals surface area contributed by atoms with Crippen LogP contribution in [0.1, 0.15) is 29.3 Å². The molecule has 0 bridgehead atoms. The molecular weight excluding hydrogens is 434 g/mol. The first-order valence-corrected chi connectivity index (χ1v) is 11.3. The van der Waals surface area contributed by atoms with Gasteiger partial charge in [-0.25, -0.2) is 9.78 Å². The van der Waals surface area contributed by atoms with Crippen LogP contribution < -0.4 is 4.74 Å². The molecule has 164 valence electrons. The number of benzene rings is 2. The molecule has 0 saturated heterocycles. The maximum atomic E-state index is 12.0. The summed E-state index contributed by atoms with van der Waals surface area (Å²) in [5.74, 6) is 0.409. The molecule has 0 radical (unpaired) electrons. The van der Waals surface area contributed by atoms with Gasteiger partial charge >= 0.3 is 5.97 Å². The third-order valence-corrected chi connectivity index (χ3v) is 6.11. The predicted octanol–water partition coefficient (Wildman–Crippen LogP) is 5.78. The molecule has 3 aromatic rings. The number of aromatic nitrogens is 1. The SMILES string of the molecule is CCOC(Cc1c(C)cc(OCc2csc(-c3ccc(Cl)cc3)n2)cc1C)C(=O)OC. The van der Waals surface area contributed by atoms with Crippen LogP contribution in [0.5, 0.6) is 5.75 Å². The van der Waals surface area contributed by atoms with Crippen molar-refractivity contribution in [2.45, 2.75) is 39.9 Å². The molecule has 0 aliphatic carbocycles. The minimum atomic E-state index is -0.611. The van der Waals surface area contributed by atoms with Crippen LogP contribution in [0.15, 0.2) is 41.8 Å². The Morgan fingerprint density at radius 3 is 2.45 bits per heavy atom. The van der Waals surface area contributed by atoms with E-state index in [0.29, 0.717) is 24.7 Å². The van der Waals surface area contributed by atoms with E-state index in [9.17, 15) is 4.79 Å². The Hall–Kier alpha value is -2.41. The average Bonchev–Trinajstić information content (AvgIpc) is 3.23. The van der Waals surface area contributed by atoms with Gasteiger partial charge in [0.15, 0.2) is 6.10 Å². The van der Waals surface area contributed by atoms with Crippen LogP contribution in [-0.2, 0) is 27.3 Å². The van der Waals surface area contributed by atoms with Crippen molar-refractivity contribution in [2.24, 2.45) is 0 Å². The zero-order valence-electron chi connectivity index (χ0n) is 18.1. The summed E-state index contributed by atoms with van der Waals surface area (Å²) in [5, 5.41) is 3.64. The number of rotatable bonds is 9. The van der Waals surface area contributed by atoms with Gasteiger partial charge in [-0.05, 0) is 61.7 Å². The first-order valence-electron chi connectivity index (χ1n) is 10.0. The van der Waals surface area contributed by atoms with Crippen molar-refractivity contribution in [3.8, 4) is 16.3 Å². The van der Waals surface area contributed by atoms with Crippen molar-refractivity contribution in [1.29, 1.82) is 0 Å². The summed E-state index contributed by atoms with van der Waals surface area (Å²) in [6, 6.07) is 11.6. The fraction of sp³-hybridized carbons (Fsp3) is 0.333. The summed E-state index contributed by atoms with van der Waals surface area (Å²) < 4.78 is 16.4. The first kappa shape index (κ1) is 23.3. The Morgan fingerprint density at radius 1 is 1.16 bits per heavy atom. The van der Waals surface area contributed by atoms with Crippen LogP contribution in [0.4, 0.5) is 0 Å². The smallest absolute Gasteiger partial charge is 0.335 e. The maximum absolute atomic E-state index is 12.0. The quantitative estimate of drug-likeness (QED) is 0.379. The molecule has 31 heavy (non-hydrogen) atoms. The molecule has 7 heteroatoms. The number of esters is 1. The lowest BCUT2D eigenvalue weighted by Crippen LogP contribution is -2.28. The molecule has 3 rings (SSSR count). The van der Waals surface area contributed by atoms with Crippen molar-refractivity contribution in [3.63, 3.8) is 0 Å². The van der Waals surface area contributed by atoms with Crippen LogP contribution in [0, 0.1) is 13.8 Å². The molecule has 1 heterocycles. The Labute approximate surface area is 191 Å². The average molecular weight is 460 g/mol. The monoisotopic (exact) mass is 459 g/mol. The number of ether oxygens (including phenoxy) is 3. The lowest BCUT2D eigenvalue weighted by molar-refractivity contribution is -0.153. The van der Waals surface area contributed by atoms with Crippen molar-refractivity contribution in [2.75, 3.05) is 13.7 Å². The van der Waals surface area contributed by atoms with E-state index in [4.69, 9.17) is 25.8 Å². The summed E-state index contributed by atoms with van der Waals surface area (Å²) in [6.45, 7) is 6.72. The fourth-order valence-corrected chi connectivity index (χ4v) is 4.28. The Bertz CT molecular complexity index is 1010. The number of carbonyl (C=O) groups is 1. The number of aryl methyl sites for hydroxylation is 2. The van der Waals surface area contributed by atoms with E-state index in [-0.39, 0.29) is 5.97 Å². The van der Waals surface area contributed by atoms with Crippen LogP contribution in [-0.4, -0.2) is 30.8 Å². The largest absolute Gasteiger partial charge is 0.487 e. The highest BCUT2D eigenvalue weighted by molar-refractivity contribution is 7.13. The molecule has 0 aliphatic rings.